The van der Waals surface area contributed by atoms with Gasteiger partial charge in [0.05, 0.1) is 0 Å². The van der Waals surface area contributed by atoms with Crippen LogP contribution in [0.4, 0.5) is 4.39 Å². The van der Waals surface area contributed by atoms with Crippen LogP contribution in [0, 0.1) is 11.8 Å². The van der Waals surface area contributed by atoms with E-state index in [1.807, 2.05) is 0 Å². The van der Waals surface area contributed by atoms with Gasteiger partial charge in [0.25, 0.3) is 0 Å². The van der Waals surface area contributed by atoms with E-state index in [1.165, 1.54) is 0 Å². The first-order valence-corrected chi connectivity index (χ1v) is 5.87. The normalized spacial score (nSPS) is 37.6. The SMILES string of the molecule is Oc1ccccc1C1(F)CC2CNCC2C1. The topological polar surface area (TPSA) is 32.3 Å². The van der Waals surface area contributed by atoms with Gasteiger partial charge < -0.3 is 10.4 Å². The summed E-state index contributed by atoms with van der Waals surface area (Å²) < 4.78 is 14.8. The van der Waals surface area contributed by atoms with Crippen LogP contribution in [0.1, 0.15) is 18.4 Å². The van der Waals surface area contributed by atoms with Gasteiger partial charge in [-0.25, -0.2) is 4.39 Å². The molecular formula is C13H16FNO. The predicted octanol–water partition coefficient (Wildman–Crippen LogP) is 2.19. The molecule has 1 saturated carbocycles. The Labute approximate surface area is 94.5 Å². The van der Waals surface area contributed by atoms with Gasteiger partial charge in [0.1, 0.15) is 11.4 Å². The van der Waals surface area contributed by atoms with Crippen LogP contribution in [0.2, 0.25) is 0 Å². The molecule has 2 fully saturated rings. The maximum absolute atomic E-state index is 14.8. The van der Waals surface area contributed by atoms with E-state index < -0.39 is 5.67 Å². The zero-order chi connectivity index (χ0) is 11.2. The van der Waals surface area contributed by atoms with E-state index in [-0.39, 0.29) is 5.75 Å². The number of halogens is 1. The van der Waals surface area contributed by atoms with Gasteiger partial charge in [0, 0.05) is 5.56 Å². The molecule has 3 rings (SSSR count). The lowest BCUT2D eigenvalue weighted by atomic mass is 9.91. The van der Waals surface area contributed by atoms with Crippen molar-refractivity contribution in [1.82, 2.24) is 5.32 Å². The molecule has 3 heteroatoms. The third-order valence-electron chi connectivity index (χ3n) is 4.04. The molecule has 0 amide bonds. The van der Waals surface area contributed by atoms with Crippen LogP contribution in [-0.4, -0.2) is 18.2 Å². The second kappa shape index (κ2) is 3.45. The minimum absolute atomic E-state index is 0.0953. The molecule has 2 unspecified atom stereocenters. The summed E-state index contributed by atoms with van der Waals surface area (Å²) in [4.78, 5) is 0. The lowest BCUT2D eigenvalue weighted by molar-refractivity contribution is 0.156. The first-order valence-electron chi connectivity index (χ1n) is 5.87. The lowest BCUT2D eigenvalue weighted by Crippen LogP contribution is -2.21. The highest BCUT2D eigenvalue weighted by Crippen LogP contribution is 2.51. The van der Waals surface area contributed by atoms with E-state index in [1.54, 1.807) is 24.3 Å². The largest absolute Gasteiger partial charge is 0.508 e. The molecule has 1 aromatic rings. The second-order valence-electron chi connectivity index (χ2n) is 5.07. The number of phenols is 1. The summed E-state index contributed by atoms with van der Waals surface area (Å²) in [6, 6.07) is 6.81. The number of fused-ring (bicyclic) bond motifs is 1. The standard InChI is InChI=1S/C13H16FNO/c14-13(11-3-1-2-4-12(11)16)5-9-7-15-8-10(9)6-13/h1-4,9-10,15-16H,5-8H2. The molecule has 1 saturated heterocycles. The fourth-order valence-corrected chi connectivity index (χ4v) is 3.25. The number of rotatable bonds is 1. The number of para-hydroxylation sites is 1. The predicted molar refractivity (Wildman–Crippen MR) is 60.0 cm³/mol. The average Bonchev–Trinajstić information content (AvgIpc) is 2.76. The minimum Gasteiger partial charge on any atom is -0.508 e. The Morgan fingerprint density at radius 2 is 1.81 bits per heavy atom. The highest BCUT2D eigenvalue weighted by atomic mass is 19.1. The van der Waals surface area contributed by atoms with Crippen LogP contribution in [0.3, 0.4) is 0 Å². The second-order valence-corrected chi connectivity index (χ2v) is 5.07. The molecule has 86 valence electrons. The number of nitrogens with one attached hydrogen (secondary N) is 1. The number of hydrogen-bond acceptors (Lipinski definition) is 2. The van der Waals surface area contributed by atoms with E-state index in [0.29, 0.717) is 30.2 Å². The first kappa shape index (κ1) is 10.1. The molecule has 0 aromatic heterocycles. The van der Waals surface area contributed by atoms with E-state index in [0.717, 1.165) is 13.1 Å². The van der Waals surface area contributed by atoms with Crippen molar-refractivity contribution >= 4 is 0 Å². The van der Waals surface area contributed by atoms with Gasteiger partial charge in [0.15, 0.2) is 0 Å². The molecular weight excluding hydrogens is 205 g/mol. The van der Waals surface area contributed by atoms with Crippen LogP contribution >= 0.6 is 0 Å². The lowest BCUT2D eigenvalue weighted by Gasteiger charge is -2.22. The zero-order valence-corrected chi connectivity index (χ0v) is 9.12. The molecule has 0 spiro atoms. The fourth-order valence-electron chi connectivity index (χ4n) is 3.25. The summed E-state index contributed by atoms with van der Waals surface area (Å²) in [5.74, 6) is 0.965. The molecule has 16 heavy (non-hydrogen) atoms. The number of aromatic hydroxyl groups is 1. The number of hydrogen-bond donors (Lipinski definition) is 2. The van der Waals surface area contributed by atoms with Gasteiger partial charge in [-0.15, -0.1) is 0 Å². The molecule has 2 N–H and O–H groups in total. The molecule has 2 atom stereocenters. The van der Waals surface area contributed by atoms with Crippen molar-refractivity contribution < 1.29 is 9.50 Å². The van der Waals surface area contributed by atoms with Crippen LogP contribution in [0.25, 0.3) is 0 Å². The van der Waals surface area contributed by atoms with Gasteiger partial charge in [-0.2, -0.15) is 0 Å². The highest BCUT2D eigenvalue weighted by Gasteiger charge is 2.49. The quantitative estimate of drug-likeness (QED) is 0.762. The Bertz CT molecular complexity index is 395. The van der Waals surface area contributed by atoms with Gasteiger partial charge in [-0.05, 0) is 43.8 Å². The van der Waals surface area contributed by atoms with Crippen molar-refractivity contribution in [2.45, 2.75) is 18.5 Å². The van der Waals surface area contributed by atoms with Crippen molar-refractivity contribution in [3.63, 3.8) is 0 Å². The van der Waals surface area contributed by atoms with Gasteiger partial charge in [0.2, 0.25) is 0 Å². The maximum Gasteiger partial charge on any atom is 0.140 e. The molecule has 1 aromatic carbocycles. The van der Waals surface area contributed by atoms with Crippen LogP contribution in [-0.2, 0) is 5.67 Å². The van der Waals surface area contributed by atoms with E-state index in [9.17, 15) is 9.50 Å². The maximum atomic E-state index is 14.8. The van der Waals surface area contributed by atoms with Crippen LogP contribution < -0.4 is 5.32 Å². The number of phenolic OH excluding ortho intramolecular Hbond substituents is 1. The first-order chi connectivity index (χ1) is 7.69. The Morgan fingerprint density at radius 1 is 1.19 bits per heavy atom. The summed E-state index contributed by atoms with van der Waals surface area (Å²) in [6.45, 7) is 1.84. The van der Waals surface area contributed by atoms with Crippen LogP contribution in [0.5, 0.6) is 5.75 Å². The Kier molecular flexibility index (Phi) is 2.18. The molecule has 2 nitrogen and oxygen atoms in total. The van der Waals surface area contributed by atoms with Crippen molar-refractivity contribution in [3.05, 3.63) is 29.8 Å². The van der Waals surface area contributed by atoms with E-state index >= 15 is 0 Å². The molecule has 1 aliphatic heterocycles. The Hall–Kier alpha value is -1.09. The van der Waals surface area contributed by atoms with Crippen molar-refractivity contribution in [2.24, 2.45) is 11.8 Å². The van der Waals surface area contributed by atoms with Gasteiger partial charge in [-0.3, -0.25) is 0 Å². The zero-order valence-electron chi connectivity index (χ0n) is 9.12. The van der Waals surface area contributed by atoms with E-state index in [2.05, 4.69) is 5.32 Å². The van der Waals surface area contributed by atoms with E-state index in [4.69, 9.17) is 0 Å². The summed E-state index contributed by atoms with van der Waals surface area (Å²) in [6.07, 6.45) is 1.09. The summed E-state index contributed by atoms with van der Waals surface area (Å²) >= 11 is 0. The third-order valence-corrected chi connectivity index (χ3v) is 4.04. The summed E-state index contributed by atoms with van der Waals surface area (Å²) in [7, 11) is 0. The molecule has 0 radical (unpaired) electrons. The fraction of sp³-hybridized carbons (Fsp3) is 0.538. The molecule has 1 heterocycles. The summed E-state index contributed by atoms with van der Waals surface area (Å²) in [5.41, 5.74) is -0.840. The molecule has 1 aliphatic carbocycles. The summed E-state index contributed by atoms with van der Waals surface area (Å²) in [5, 5.41) is 13.0. The number of benzene rings is 1. The monoisotopic (exact) mass is 221 g/mol. The van der Waals surface area contributed by atoms with Crippen LogP contribution in [0.15, 0.2) is 24.3 Å². The molecule has 2 aliphatic rings. The minimum atomic E-state index is -1.32. The Morgan fingerprint density at radius 3 is 2.44 bits per heavy atom. The average molecular weight is 221 g/mol. The Balaban J connectivity index is 1.93. The third kappa shape index (κ3) is 1.42. The van der Waals surface area contributed by atoms with Gasteiger partial charge in [-0.1, -0.05) is 18.2 Å². The van der Waals surface area contributed by atoms with Crippen molar-refractivity contribution in [3.8, 4) is 5.75 Å². The van der Waals surface area contributed by atoms with Crippen molar-refractivity contribution in [2.75, 3.05) is 13.1 Å². The highest BCUT2D eigenvalue weighted by molar-refractivity contribution is 5.38. The molecule has 0 bridgehead atoms. The number of alkyl halides is 1. The smallest absolute Gasteiger partial charge is 0.140 e. The van der Waals surface area contributed by atoms with Crippen molar-refractivity contribution in [1.29, 1.82) is 0 Å². The van der Waals surface area contributed by atoms with Gasteiger partial charge >= 0.3 is 0 Å².